The lowest BCUT2D eigenvalue weighted by molar-refractivity contribution is 0.401. The summed E-state index contributed by atoms with van der Waals surface area (Å²) < 4.78 is 12.7. The minimum Gasteiger partial charge on any atom is -0.340 e. The third-order valence-corrected chi connectivity index (χ3v) is 32.0. The summed E-state index contributed by atoms with van der Waals surface area (Å²) in [4.78, 5) is 0. The highest BCUT2D eigenvalue weighted by Gasteiger charge is 2.49. The van der Waals surface area contributed by atoms with Crippen LogP contribution in [-0.4, -0.2) is 22.8 Å². The van der Waals surface area contributed by atoms with Gasteiger partial charge in [-0.3, -0.25) is 0 Å². The molecule has 5 heterocycles. The quantitative estimate of drug-likeness (QED) is 0.0921. The molecule has 678 valence electrons. The van der Waals surface area contributed by atoms with E-state index < -0.39 is 10.8 Å². The number of para-hydroxylation sites is 2. The fourth-order valence-corrected chi connectivity index (χ4v) is 24.7. The van der Waals surface area contributed by atoms with E-state index in [4.69, 9.17) is 0 Å². The molecule has 0 saturated heterocycles. The van der Waals surface area contributed by atoms with Crippen LogP contribution in [0, 0.1) is 5.92 Å². The largest absolute Gasteiger partial charge is 0.340 e. The summed E-state index contributed by atoms with van der Waals surface area (Å²) >= 11 is 0. The van der Waals surface area contributed by atoms with Crippen molar-refractivity contribution in [3.8, 4) is 67.3 Å². The summed E-state index contributed by atoms with van der Waals surface area (Å²) in [6.45, 7) is 33.5. The van der Waals surface area contributed by atoms with Crippen LogP contribution in [0.2, 0.25) is 0 Å². The molecular weight excluding hydrogens is 1680 g/mol. The molecule has 2 aliphatic rings. The molecule has 0 amide bonds. The molecule has 25 rings (SSSR count). The molecule has 5 nitrogen and oxygen atoms in total. The maximum atomic E-state index is 2.62. The van der Waals surface area contributed by atoms with Gasteiger partial charge in [-0.05, 0) is 303 Å². The zero-order valence-corrected chi connectivity index (χ0v) is 82.3. The second kappa shape index (κ2) is 31.8. The van der Waals surface area contributed by atoms with Crippen molar-refractivity contribution in [2.45, 2.75) is 162 Å². The number of benzene rings is 18. The number of hydrogen-bond donors (Lipinski definition) is 0. The Morgan fingerprint density at radius 2 is 0.475 bits per heavy atom. The third-order valence-electron chi connectivity index (χ3n) is 32.0. The molecule has 2 aliphatic carbocycles. The lowest BCUT2D eigenvalue weighted by Gasteiger charge is -2.34. The van der Waals surface area contributed by atoms with Crippen LogP contribution in [0.5, 0.6) is 0 Å². The van der Waals surface area contributed by atoms with E-state index in [0.717, 1.165) is 51.5 Å². The zero-order valence-electron chi connectivity index (χ0n) is 82.3. The fraction of sp³-hybridized carbons (Fsp3) is 0.194. The predicted molar refractivity (Wildman–Crippen MR) is 590 cm³/mol. The molecule has 18 aromatic carbocycles. The van der Waals surface area contributed by atoms with Gasteiger partial charge >= 0.3 is 0 Å². The van der Waals surface area contributed by atoms with Gasteiger partial charge in [0.15, 0.2) is 0 Å². The molecule has 139 heavy (non-hydrogen) atoms. The molecule has 0 saturated carbocycles. The topological polar surface area (TPSA) is 24.6 Å². The Kier molecular flexibility index (Phi) is 19.6. The van der Waals surface area contributed by atoms with Crippen molar-refractivity contribution in [2.75, 3.05) is 0 Å². The van der Waals surface area contributed by atoms with E-state index in [2.05, 4.69) is 508 Å². The van der Waals surface area contributed by atoms with Gasteiger partial charge in [0, 0.05) is 94.2 Å². The van der Waals surface area contributed by atoms with Crippen molar-refractivity contribution < 1.29 is 0 Å². The number of unbranched alkanes of at least 4 members (excludes halogenated alkanes) is 1. The summed E-state index contributed by atoms with van der Waals surface area (Å²) in [6, 6.07) is 152. The molecule has 5 heteroatoms. The first-order chi connectivity index (χ1) is 67.3. The first kappa shape index (κ1) is 85.6. The average Bonchev–Trinajstić information content (AvgIpc) is 1.52. The molecule has 0 N–H and O–H groups in total. The van der Waals surface area contributed by atoms with Gasteiger partial charge in [-0.1, -0.05) is 347 Å². The van der Waals surface area contributed by atoms with Crippen LogP contribution in [0.4, 0.5) is 0 Å². The number of fused-ring (bicyclic) bond motifs is 21. The molecule has 1 unspecified atom stereocenters. The van der Waals surface area contributed by atoms with Crippen LogP contribution in [0.1, 0.15) is 189 Å². The fourth-order valence-electron chi connectivity index (χ4n) is 24.7. The van der Waals surface area contributed by atoms with Crippen molar-refractivity contribution in [1.82, 2.24) is 22.8 Å². The van der Waals surface area contributed by atoms with E-state index >= 15 is 0 Å². The highest BCUT2D eigenvalue weighted by Crippen LogP contribution is 2.61. The summed E-state index contributed by atoms with van der Waals surface area (Å²) in [7, 11) is 0. The minimum absolute atomic E-state index is 0.00455. The van der Waals surface area contributed by atoms with Gasteiger partial charge in [0.05, 0.1) is 55.0 Å². The van der Waals surface area contributed by atoms with Crippen molar-refractivity contribution in [2.24, 2.45) is 5.92 Å². The first-order valence-corrected chi connectivity index (χ1v) is 50.5. The van der Waals surface area contributed by atoms with E-state index in [1.165, 1.54) is 224 Å². The summed E-state index contributed by atoms with van der Waals surface area (Å²) in [6.07, 6.45) is 4.88. The lowest BCUT2D eigenvalue weighted by Crippen LogP contribution is -2.28. The SMILES string of the molecule is CCCCC(CC)Cn1c2ccccc2c2cc(-c3ccc4c(c3)c3cc(C5(c6ccc7c(c6)c6cc(C8(c9ccc%10c(c9)c9ccccc9n%10-c9ccc(C(C)(C)C)cc9)c9ccccc9-c9ccccc98)ccc6n7-c6ccc(-c7ccc(-n8c9ccc(C(C)(C)C)cc9c9cc(C(C)(C)C)ccc98)cc7)cc6)c6ccccc6-c6ccccc65)ccc3n4-c3ccc(C(C)(C)C)cc3)ccc21. The first-order valence-electron chi connectivity index (χ1n) is 50.5. The van der Waals surface area contributed by atoms with E-state index in [-0.39, 0.29) is 21.7 Å². The van der Waals surface area contributed by atoms with E-state index in [1.54, 1.807) is 0 Å². The maximum Gasteiger partial charge on any atom is 0.0714 e. The van der Waals surface area contributed by atoms with Crippen LogP contribution >= 0.6 is 0 Å². The van der Waals surface area contributed by atoms with Crippen LogP contribution < -0.4 is 0 Å². The predicted octanol–water partition coefficient (Wildman–Crippen LogP) is 35.6. The minimum atomic E-state index is -0.813. The number of nitrogens with zero attached hydrogens (tertiary/aromatic N) is 5. The second-order valence-corrected chi connectivity index (χ2v) is 44.1. The van der Waals surface area contributed by atoms with Gasteiger partial charge in [0.25, 0.3) is 0 Å². The van der Waals surface area contributed by atoms with E-state index in [9.17, 15) is 0 Å². The van der Waals surface area contributed by atoms with Crippen LogP contribution in [0.25, 0.3) is 176 Å². The number of hydrogen-bond acceptors (Lipinski definition) is 0. The lowest BCUT2D eigenvalue weighted by atomic mass is 9.67. The van der Waals surface area contributed by atoms with Gasteiger partial charge in [-0.2, -0.15) is 0 Å². The average molecular weight is 1800 g/mol. The number of rotatable bonds is 16. The molecule has 0 aliphatic heterocycles. The maximum absolute atomic E-state index is 2.62. The van der Waals surface area contributed by atoms with E-state index in [1.807, 2.05) is 0 Å². The van der Waals surface area contributed by atoms with Gasteiger partial charge in [0.1, 0.15) is 0 Å². The molecule has 0 fully saturated rings. The zero-order chi connectivity index (χ0) is 94.7. The monoisotopic (exact) mass is 1800 g/mol. The molecule has 0 spiro atoms. The Bertz CT molecular complexity index is 8780. The van der Waals surface area contributed by atoms with Gasteiger partial charge in [-0.15, -0.1) is 0 Å². The van der Waals surface area contributed by atoms with Crippen LogP contribution in [-0.2, 0) is 39.0 Å². The Morgan fingerprint density at radius 1 is 0.223 bits per heavy atom. The van der Waals surface area contributed by atoms with Crippen molar-refractivity contribution >= 4 is 109 Å². The highest BCUT2D eigenvalue weighted by molar-refractivity contribution is 6.16. The van der Waals surface area contributed by atoms with Crippen molar-refractivity contribution in [3.05, 3.63) is 455 Å². The van der Waals surface area contributed by atoms with Crippen LogP contribution in [0.3, 0.4) is 0 Å². The van der Waals surface area contributed by atoms with Crippen molar-refractivity contribution in [1.29, 1.82) is 0 Å². The van der Waals surface area contributed by atoms with Gasteiger partial charge in [0.2, 0.25) is 0 Å². The molecule has 1 atom stereocenters. The smallest absolute Gasteiger partial charge is 0.0714 e. The molecular formula is C134H117N5. The summed E-state index contributed by atoms with van der Waals surface area (Å²) in [5, 5.41) is 12.4. The third kappa shape index (κ3) is 13.2. The van der Waals surface area contributed by atoms with Crippen LogP contribution in [0.15, 0.2) is 388 Å². The van der Waals surface area contributed by atoms with Gasteiger partial charge in [-0.25, -0.2) is 0 Å². The Hall–Kier alpha value is -15.0. The van der Waals surface area contributed by atoms with E-state index in [0.29, 0.717) is 5.92 Å². The normalized spacial score (nSPS) is 13.9. The Morgan fingerprint density at radius 3 is 0.827 bits per heavy atom. The summed E-state index contributed by atoms with van der Waals surface area (Å²) in [5.41, 5.74) is 39.9. The Balaban J connectivity index is 0.707. The standard InChI is InChI=1S/C134H117N5/c1-15-17-30-84(16-2)83-135-119-41-28-22-35-105(119)107-75-87(47-67-120(107)135)88-48-68-122-108(76-88)112-80-94(56-72-126(112)139(122)100-65-51-90(52-66-100)130(6,7)8)134(117-39-26-20-33-103(117)104-34-21-27-40-118(104)134)96-58-74-128-114(82-96)113-81-95(133(115-37-24-18-31-101(115)102-32-19-25-38-116(102)133)93-55-71-123-109(79-93)106-36-23-29-42-121(106)136(123)99-63-49-89(50-64-99)129(3,4)5)57-73-127(113)138(128)98-61-45-86(46-62-98)85-43-59-97(60-44-85)137-124-69-53-91(131(9,10)11)77-110(124)111-78-92(132(12,13)14)54-70-125(111)137/h18-29,31-82,84H,15-17,30,83H2,1-14H3. The van der Waals surface area contributed by atoms with Gasteiger partial charge < -0.3 is 22.8 Å². The molecule has 23 aromatic rings. The summed E-state index contributed by atoms with van der Waals surface area (Å²) in [5.74, 6) is 0.612. The molecule has 0 bridgehead atoms. The number of aromatic nitrogens is 5. The molecule has 0 radical (unpaired) electrons. The second-order valence-electron chi connectivity index (χ2n) is 44.1. The molecule has 5 aromatic heterocycles. The highest BCUT2D eigenvalue weighted by atomic mass is 15.0. The Labute approximate surface area is 816 Å². The van der Waals surface area contributed by atoms with Crippen molar-refractivity contribution in [3.63, 3.8) is 0 Å².